The fourth-order valence-corrected chi connectivity index (χ4v) is 5.31. The first-order valence-electron chi connectivity index (χ1n) is 9.21. The average molecular weight is 347 g/mol. The number of aromatic nitrogens is 1. The van der Waals surface area contributed by atoms with Crippen molar-refractivity contribution in [3.63, 3.8) is 0 Å². The number of amides is 2. The minimum atomic E-state index is -0.323. The van der Waals surface area contributed by atoms with E-state index >= 15 is 0 Å². The van der Waals surface area contributed by atoms with Gasteiger partial charge in [0.25, 0.3) is 5.91 Å². The van der Waals surface area contributed by atoms with Gasteiger partial charge in [0.1, 0.15) is 4.88 Å². The predicted molar refractivity (Wildman–Crippen MR) is 92.9 cm³/mol. The quantitative estimate of drug-likeness (QED) is 0.826. The van der Waals surface area contributed by atoms with Gasteiger partial charge in [-0.2, -0.15) is 0 Å². The monoisotopic (exact) mass is 347 g/mol. The molecule has 2 amide bonds. The summed E-state index contributed by atoms with van der Waals surface area (Å²) in [7, 11) is 0. The highest BCUT2D eigenvalue weighted by atomic mass is 32.1. The number of rotatable bonds is 2. The lowest BCUT2D eigenvalue weighted by Crippen LogP contribution is -2.54. The molecule has 24 heavy (non-hydrogen) atoms. The summed E-state index contributed by atoms with van der Waals surface area (Å²) < 4.78 is 4.03. The lowest BCUT2D eigenvalue weighted by atomic mass is 9.77. The molecule has 2 aliphatic heterocycles. The molecule has 0 bridgehead atoms. The predicted octanol–water partition coefficient (Wildman–Crippen LogP) is 2.93. The Morgan fingerprint density at radius 3 is 2.75 bits per heavy atom. The van der Waals surface area contributed by atoms with E-state index in [9.17, 15) is 9.59 Å². The smallest absolute Gasteiger partial charge is 0.265 e. The standard InChI is InChI=1S/C18H25N3O2S/c22-16(15-7-10-19-24-15)20-12-9-18(13-20)8-4-11-21(17(18)23)14-5-2-1-3-6-14/h7,10,14H,1-6,8-9,11-13H2/t18-/m0/s1. The third kappa shape index (κ3) is 2.75. The van der Waals surface area contributed by atoms with Crippen molar-refractivity contribution >= 4 is 23.3 Å². The zero-order valence-electron chi connectivity index (χ0n) is 14.1. The number of carbonyl (C=O) groups excluding carboxylic acids is 2. The molecule has 0 unspecified atom stereocenters. The maximum atomic E-state index is 13.3. The molecule has 1 spiro atoms. The van der Waals surface area contributed by atoms with E-state index in [1.807, 2.05) is 4.90 Å². The zero-order valence-corrected chi connectivity index (χ0v) is 14.9. The van der Waals surface area contributed by atoms with Gasteiger partial charge in [0.05, 0.1) is 5.41 Å². The van der Waals surface area contributed by atoms with Crippen LogP contribution in [0.5, 0.6) is 0 Å². The first-order valence-corrected chi connectivity index (χ1v) is 9.98. The van der Waals surface area contributed by atoms with Gasteiger partial charge in [0, 0.05) is 31.9 Å². The number of nitrogens with zero attached hydrogens (tertiary/aromatic N) is 3. The minimum absolute atomic E-state index is 0.0389. The minimum Gasteiger partial charge on any atom is -0.339 e. The molecule has 1 aliphatic carbocycles. The fourth-order valence-electron chi connectivity index (χ4n) is 4.75. The summed E-state index contributed by atoms with van der Waals surface area (Å²) in [4.78, 5) is 30.6. The first kappa shape index (κ1) is 16.1. The largest absolute Gasteiger partial charge is 0.339 e. The summed E-state index contributed by atoms with van der Waals surface area (Å²) >= 11 is 1.24. The molecule has 0 radical (unpaired) electrons. The van der Waals surface area contributed by atoms with Crippen LogP contribution in [-0.2, 0) is 4.79 Å². The van der Waals surface area contributed by atoms with Crippen molar-refractivity contribution in [2.45, 2.75) is 57.4 Å². The van der Waals surface area contributed by atoms with E-state index in [2.05, 4.69) is 9.27 Å². The molecule has 1 aromatic heterocycles. The van der Waals surface area contributed by atoms with Gasteiger partial charge in [0.15, 0.2) is 0 Å². The van der Waals surface area contributed by atoms with E-state index in [0.717, 1.165) is 38.6 Å². The fraction of sp³-hybridized carbons (Fsp3) is 0.722. The Kier molecular flexibility index (Phi) is 4.33. The Labute approximate surface area is 147 Å². The maximum Gasteiger partial charge on any atom is 0.265 e. The lowest BCUT2D eigenvalue weighted by Gasteiger charge is -2.44. The first-order chi connectivity index (χ1) is 11.7. The normalized spacial score (nSPS) is 28.8. The number of likely N-dealkylation sites (tertiary alicyclic amines) is 2. The highest BCUT2D eigenvalue weighted by molar-refractivity contribution is 7.08. The van der Waals surface area contributed by atoms with Crippen molar-refractivity contribution in [2.75, 3.05) is 19.6 Å². The van der Waals surface area contributed by atoms with Gasteiger partial charge in [0.2, 0.25) is 5.91 Å². The van der Waals surface area contributed by atoms with E-state index < -0.39 is 0 Å². The van der Waals surface area contributed by atoms with Crippen LogP contribution in [-0.4, -0.2) is 51.7 Å². The van der Waals surface area contributed by atoms with Crippen molar-refractivity contribution < 1.29 is 9.59 Å². The van der Waals surface area contributed by atoms with Crippen LogP contribution in [0.2, 0.25) is 0 Å². The van der Waals surface area contributed by atoms with Crippen LogP contribution in [0, 0.1) is 5.41 Å². The van der Waals surface area contributed by atoms with Gasteiger partial charge < -0.3 is 9.80 Å². The Morgan fingerprint density at radius 2 is 2.00 bits per heavy atom. The van der Waals surface area contributed by atoms with Gasteiger partial charge in [-0.3, -0.25) is 9.59 Å². The summed E-state index contributed by atoms with van der Waals surface area (Å²) in [5.41, 5.74) is -0.323. The number of piperidine rings is 1. The summed E-state index contributed by atoms with van der Waals surface area (Å²) in [5, 5.41) is 0. The van der Waals surface area contributed by atoms with Gasteiger partial charge in [-0.15, -0.1) is 0 Å². The highest BCUT2D eigenvalue weighted by Gasteiger charge is 2.50. The van der Waals surface area contributed by atoms with E-state index in [0.29, 0.717) is 29.9 Å². The SMILES string of the molecule is O=C(c1ccns1)N1CC[C@@]2(CCCN(C3CCCCC3)C2=O)C1. The molecule has 3 aliphatic rings. The summed E-state index contributed by atoms with van der Waals surface area (Å²) in [6.45, 7) is 2.20. The van der Waals surface area contributed by atoms with E-state index in [4.69, 9.17) is 0 Å². The van der Waals surface area contributed by atoms with Crippen LogP contribution in [0.1, 0.15) is 61.0 Å². The topological polar surface area (TPSA) is 53.5 Å². The molecule has 2 saturated heterocycles. The van der Waals surface area contributed by atoms with Gasteiger partial charge in [-0.1, -0.05) is 19.3 Å². The molecule has 1 saturated carbocycles. The van der Waals surface area contributed by atoms with Crippen LogP contribution in [0.25, 0.3) is 0 Å². The van der Waals surface area contributed by atoms with Crippen LogP contribution >= 0.6 is 11.5 Å². The second kappa shape index (κ2) is 6.47. The van der Waals surface area contributed by atoms with Gasteiger partial charge in [-0.25, -0.2) is 4.37 Å². The Bertz CT molecular complexity index is 612. The Morgan fingerprint density at radius 1 is 1.17 bits per heavy atom. The number of hydrogen-bond donors (Lipinski definition) is 0. The highest BCUT2D eigenvalue weighted by Crippen LogP contribution is 2.42. The van der Waals surface area contributed by atoms with E-state index in [-0.39, 0.29) is 11.3 Å². The summed E-state index contributed by atoms with van der Waals surface area (Å²) in [6, 6.07) is 2.21. The Hall–Kier alpha value is -1.43. The second-order valence-corrected chi connectivity index (χ2v) is 8.36. The summed E-state index contributed by atoms with van der Waals surface area (Å²) in [5.74, 6) is 0.359. The molecule has 5 nitrogen and oxygen atoms in total. The molecule has 0 aromatic carbocycles. The molecule has 3 heterocycles. The van der Waals surface area contributed by atoms with Crippen LogP contribution in [0.3, 0.4) is 0 Å². The van der Waals surface area contributed by atoms with Crippen molar-refractivity contribution in [1.82, 2.24) is 14.2 Å². The molecule has 1 aromatic rings. The van der Waals surface area contributed by atoms with Crippen molar-refractivity contribution in [1.29, 1.82) is 0 Å². The summed E-state index contributed by atoms with van der Waals surface area (Å²) in [6.07, 6.45) is 10.6. The van der Waals surface area contributed by atoms with Crippen molar-refractivity contribution in [2.24, 2.45) is 5.41 Å². The second-order valence-electron chi connectivity index (χ2n) is 7.53. The average Bonchev–Trinajstić information content (AvgIpc) is 3.29. The molecule has 6 heteroatoms. The molecule has 1 atom stereocenters. The van der Waals surface area contributed by atoms with Crippen LogP contribution in [0.4, 0.5) is 0 Å². The molecule has 3 fully saturated rings. The maximum absolute atomic E-state index is 13.3. The molecule has 0 N–H and O–H groups in total. The van der Waals surface area contributed by atoms with E-state index in [1.54, 1.807) is 12.3 Å². The third-order valence-electron chi connectivity index (χ3n) is 6.07. The van der Waals surface area contributed by atoms with E-state index in [1.165, 1.54) is 30.8 Å². The molecule has 130 valence electrons. The number of carbonyl (C=O) groups is 2. The van der Waals surface area contributed by atoms with Crippen LogP contribution in [0.15, 0.2) is 12.3 Å². The molecular weight excluding hydrogens is 322 g/mol. The van der Waals surface area contributed by atoms with Gasteiger partial charge in [-0.05, 0) is 49.7 Å². The zero-order chi connectivity index (χ0) is 16.6. The lowest BCUT2D eigenvalue weighted by molar-refractivity contribution is -0.149. The number of hydrogen-bond acceptors (Lipinski definition) is 4. The van der Waals surface area contributed by atoms with Crippen molar-refractivity contribution in [3.05, 3.63) is 17.1 Å². The molecule has 4 rings (SSSR count). The van der Waals surface area contributed by atoms with Crippen molar-refractivity contribution in [3.8, 4) is 0 Å². The molecular formula is C18H25N3O2S. The van der Waals surface area contributed by atoms with Gasteiger partial charge >= 0.3 is 0 Å². The Balaban J connectivity index is 1.48. The van der Waals surface area contributed by atoms with Crippen LogP contribution < -0.4 is 0 Å². The third-order valence-corrected chi connectivity index (χ3v) is 6.81.